The van der Waals surface area contributed by atoms with Gasteiger partial charge in [-0.3, -0.25) is 0 Å². The van der Waals surface area contributed by atoms with Crippen molar-refractivity contribution in [2.75, 3.05) is 6.56 Å². The van der Waals surface area contributed by atoms with Crippen molar-refractivity contribution in [3.63, 3.8) is 0 Å². The van der Waals surface area contributed by atoms with Gasteiger partial charge in [0.05, 0.1) is 9.30 Å². The largest absolute Gasteiger partial charge is 0.195 e. The summed E-state index contributed by atoms with van der Waals surface area (Å²) in [6, 6.07) is 0. The summed E-state index contributed by atoms with van der Waals surface area (Å²) in [4.78, 5) is 2.77. The minimum absolute atomic E-state index is 0.979. The van der Waals surface area contributed by atoms with Gasteiger partial charge in [0, 0.05) is 0 Å². The van der Waals surface area contributed by atoms with Crippen LogP contribution in [0.15, 0.2) is 0 Å². The predicted molar refractivity (Wildman–Crippen MR) is 12.7 cm³/mol. The first-order valence-corrected chi connectivity index (χ1v) is 0.858. The molecule has 2 heteroatoms. The van der Waals surface area contributed by atoms with E-state index in [1.807, 2.05) is 0 Å². The van der Waals surface area contributed by atoms with E-state index in [9.17, 15) is 4.53 Å². The molecule has 0 fully saturated rings. The third-order valence-electron chi connectivity index (χ3n) is 0.0772. The van der Waals surface area contributed by atoms with Crippen LogP contribution < -0.4 is 0 Å². The highest BCUT2D eigenvalue weighted by Gasteiger charge is 1.57. The van der Waals surface area contributed by atoms with Gasteiger partial charge < -0.3 is 0 Å². The molecule has 0 radical (unpaired) electrons. The Balaban J connectivity index is 3.17. The summed E-state index contributed by atoms with van der Waals surface area (Å²) in [5.74, 6) is 0. The predicted octanol–water partition coefficient (Wildman–Crippen LogP) is 0.907. The molecule has 0 aliphatic heterocycles. The van der Waals surface area contributed by atoms with Crippen molar-refractivity contribution < 1.29 is 12.2 Å². The number of rotatable bonds is 1. The number of hydrogen-bond acceptors (Lipinski definition) is 1. The van der Waals surface area contributed by atoms with E-state index in [4.69, 9.17) is 2.74 Å². The lowest BCUT2D eigenvalue weighted by Gasteiger charge is -1.68. The van der Waals surface area contributed by atoms with Crippen LogP contribution in [0, 0.1) is 0 Å². The van der Waals surface area contributed by atoms with E-state index in [1.165, 1.54) is 0 Å². The second-order valence-electron chi connectivity index (χ2n) is 0.281. The number of halogens is 1. The van der Waals surface area contributed by atoms with Crippen LogP contribution in [0.3, 0.4) is 0 Å². The second-order valence-corrected chi connectivity index (χ2v) is 0.281. The summed E-state index contributed by atoms with van der Waals surface area (Å²) < 4.78 is 23.1. The third kappa shape index (κ3) is 1.89. The maximum absolute atomic E-state index is 10.6. The fourth-order valence-electron chi connectivity index (χ4n) is 0. The molecule has 0 spiro atoms. The quantitative estimate of drug-likeness (QED) is 0.442. The monoisotopic (exact) mass is 66.0 g/mol. The second kappa shape index (κ2) is 2.89. The minimum Gasteiger partial charge on any atom is -0.195 e. The average Bonchev–Trinajstić information content (AvgIpc) is 1.35. The van der Waals surface area contributed by atoms with Gasteiger partial charge in [-0.2, -0.15) is 4.94 Å². The van der Waals surface area contributed by atoms with Gasteiger partial charge >= 0.3 is 0 Å². The molecule has 0 aromatic heterocycles. The fraction of sp³-hybridized carbons (Fsp3) is 1.00. The summed E-state index contributed by atoms with van der Waals surface area (Å²) in [6.07, 6.45) is 0. The van der Waals surface area contributed by atoms with Crippen molar-refractivity contribution in [1.82, 2.24) is 0 Å². The van der Waals surface area contributed by atoms with Crippen LogP contribution in [-0.2, 0) is 4.94 Å². The first kappa shape index (κ1) is 1.36. The molecular formula is C2H5FO. The highest BCUT2D eigenvalue weighted by atomic mass is 19.3. The van der Waals surface area contributed by atoms with E-state index in [0.29, 0.717) is 0 Å². The standard InChI is InChI=1S/C2H5FO/c1-2-4-3/h2H2,1H3/i2D2. The Labute approximate surface area is 27.1 Å². The third-order valence-corrected chi connectivity index (χ3v) is 0.0772. The van der Waals surface area contributed by atoms with E-state index < -0.39 is 6.56 Å². The molecule has 0 heterocycles. The summed E-state index contributed by atoms with van der Waals surface area (Å²) in [7, 11) is 0. The van der Waals surface area contributed by atoms with Crippen LogP contribution in [0.4, 0.5) is 4.53 Å². The van der Waals surface area contributed by atoms with Gasteiger partial charge in [-0.05, 0) is 11.4 Å². The molecule has 0 aliphatic rings. The maximum atomic E-state index is 10.6. The van der Waals surface area contributed by atoms with Gasteiger partial charge in [0.1, 0.15) is 0 Å². The van der Waals surface area contributed by atoms with Crippen molar-refractivity contribution in [2.45, 2.75) is 6.92 Å². The van der Waals surface area contributed by atoms with Crippen LogP contribution in [-0.4, -0.2) is 6.56 Å². The first-order valence-electron chi connectivity index (χ1n) is 1.86. The zero-order valence-electron chi connectivity index (χ0n) is 4.29. The Bertz CT molecular complexity index is 41.3. The Kier molecular flexibility index (Phi) is 0.982. The molecule has 0 saturated heterocycles. The average molecular weight is 66.1 g/mol. The molecule has 0 aromatic carbocycles. The summed E-state index contributed by atoms with van der Waals surface area (Å²) >= 11 is 0. The van der Waals surface area contributed by atoms with Gasteiger partial charge in [0.25, 0.3) is 0 Å². The fourth-order valence-corrected chi connectivity index (χ4v) is 0. The molecule has 0 aliphatic carbocycles. The highest BCUT2D eigenvalue weighted by Crippen LogP contribution is 1.63. The molecule has 0 N–H and O–H groups in total. The molecule has 0 bridgehead atoms. The molecule has 0 saturated carbocycles. The lowest BCUT2D eigenvalue weighted by Crippen LogP contribution is -1.66. The van der Waals surface area contributed by atoms with Crippen LogP contribution in [0.5, 0.6) is 0 Å². The minimum atomic E-state index is -2.12. The van der Waals surface area contributed by atoms with Gasteiger partial charge in [-0.1, -0.05) is 0 Å². The van der Waals surface area contributed by atoms with Crippen molar-refractivity contribution in [1.29, 1.82) is 0 Å². The zero-order chi connectivity index (χ0) is 5.21. The molecule has 26 valence electrons. The van der Waals surface area contributed by atoms with Crippen molar-refractivity contribution in [2.24, 2.45) is 0 Å². The Morgan fingerprint density at radius 3 is 2.75 bits per heavy atom. The first-order chi connectivity index (χ1) is 2.56. The SMILES string of the molecule is [2H]C([2H])(C)OF. The topological polar surface area (TPSA) is 9.23 Å². The van der Waals surface area contributed by atoms with E-state index in [2.05, 4.69) is 4.94 Å². The Morgan fingerprint density at radius 2 is 2.75 bits per heavy atom. The molecular weight excluding hydrogens is 59.0 g/mol. The van der Waals surface area contributed by atoms with Gasteiger partial charge in [0.15, 0.2) is 0 Å². The van der Waals surface area contributed by atoms with Gasteiger partial charge in [0.2, 0.25) is 0 Å². The van der Waals surface area contributed by atoms with Crippen LogP contribution in [0.1, 0.15) is 9.67 Å². The lowest BCUT2D eigenvalue weighted by molar-refractivity contribution is -0.125. The lowest BCUT2D eigenvalue weighted by atomic mass is 10.9. The summed E-state index contributed by atoms with van der Waals surface area (Å²) in [5, 5.41) is 0. The van der Waals surface area contributed by atoms with Crippen LogP contribution in [0.25, 0.3) is 0 Å². The highest BCUT2D eigenvalue weighted by molar-refractivity contribution is 3.89. The molecule has 0 atom stereocenters. The molecule has 4 heavy (non-hydrogen) atoms. The van der Waals surface area contributed by atoms with E-state index >= 15 is 0 Å². The van der Waals surface area contributed by atoms with Crippen molar-refractivity contribution in [3.8, 4) is 0 Å². The molecule has 1 nitrogen and oxygen atoms in total. The van der Waals surface area contributed by atoms with E-state index in [0.717, 1.165) is 6.92 Å². The normalized spacial score (nSPS) is 18.5. The van der Waals surface area contributed by atoms with Gasteiger partial charge in [-0.25, -0.2) is 0 Å². The molecule has 0 aromatic rings. The Hall–Kier alpha value is -0.110. The molecule has 0 amide bonds. The smallest absolute Gasteiger partial charge is 0.0848 e. The maximum Gasteiger partial charge on any atom is 0.0848 e. The van der Waals surface area contributed by atoms with E-state index in [-0.39, 0.29) is 0 Å². The van der Waals surface area contributed by atoms with Crippen LogP contribution >= 0.6 is 0 Å². The van der Waals surface area contributed by atoms with Gasteiger partial charge in [-0.15, -0.1) is 0 Å². The van der Waals surface area contributed by atoms with Crippen LogP contribution in [0.2, 0.25) is 0 Å². The summed E-state index contributed by atoms with van der Waals surface area (Å²) in [5.41, 5.74) is 0. The van der Waals surface area contributed by atoms with Crippen molar-refractivity contribution in [3.05, 3.63) is 0 Å². The molecule has 0 unspecified atom stereocenters. The van der Waals surface area contributed by atoms with Crippen molar-refractivity contribution >= 4 is 0 Å². The Morgan fingerprint density at radius 1 is 2.50 bits per heavy atom. The zero-order valence-corrected chi connectivity index (χ0v) is 2.29. The van der Waals surface area contributed by atoms with E-state index in [1.54, 1.807) is 0 Å². The molecule has 0 rings (SSSR count). The summed E-state index contributed by atoms with van der Waals surface area (Å²) in [6.45, 7) is -1.15. The number of hydrogen-bond donors (Lipinski definition) is 0.